The number of fused-ring (bicyclic) bond motifs is 2. The van der Waals surface area contributed by atoms with E-state index >= 15 is 0 Å². The number of thioether (sulfide) groups is 2. The van der Waals surface area contributed by atoms with Crippen LogP contribution in [-0.2, 0) is 0 Å². The van der Waals surface area contributed by atoms with Gasteiger partial charge in [-0.25, -0.2) is 0 Å². The van der Waals surface area contributed by atoms with Gasteiger partial charge in [0.25, 0.3) is 0 Å². The van der Waals surface area contributed by atoms with Gasteiger partial charge in [0.05, 0.1) is 21.8 Å². The topological polar surface area (TPSA) is 6.48 Å². The van der Waals surface area contributed by atoms with Crippen molar-refractivity contribution >= 4 is 34.9 Å². The molecule has 3 aliphatic rings. The molecule has 0 N–H and O–H groups in total. The molecule has 2 aliphatic heterocycles. The number of anilines is 2. The maximum Gasteiger partial charge on any atom is 0.0988 e. The van der Waals surface area contributed by atoms with Crippen LogP contribution in [0.25, 0.3) is 0 Å². The number of rotatable bonds is 4. The van der Waals surface area contributed by atoms with Gasteiger partial charge in [-0.2, -0.15) is 0 Å². The van der Waals surface area contributed by atoms with Crippen molar-refractivity contribution in [2.75, 3.05) is 22.9 Å². The Morgan fingerprint density at radius 3 is 2.35 bits per heavy atom. The SMILES string of the molecule is CCN1C(=CC2=CC(=CC3Sc4cc(C)ccc4N3CC)CC(C)(C)C2)Sc2cc(C)ccc21. The summed E-state index contributed by atoms with van der Waals surface area (Å²) in [7, 11) is 0. The summed E-state index contributed by atoms with van der Waals surface area (Å²) in [5, 5.41) is 1.73. The molecule has 1 aliphatic carbocycles. The molecule has 2 nitrogen and oxygen atoms in total. The highest BCUT2D eigenvalue weighted by Crippen LogP contribution is 2.49. The molecule has 1 atom stereocenters. The fraction of sp³-hybridized carbons (Fsp3) is 0.400. The summed E-state index contributed by atoms with van der Waals surface area (Å²) in [5.41, 5.74) is 8.60. The first-order chi connectivity index (χ1) is 16.3. The molecule has 0 bridgehead atoms. The first kappa shape index (κ1) is 23.7. The van der Waals surface area contributed by atoms with Crippen molar-refractivity contribution < 1.29 is 0 Å². The number of benzene rings is 2. The second-order valence-corrected chi connectivity index (χ2v) is 12.8. The standard InChI is InChI=1S/C30H36N2S2/c1-7-31-24-11-9-20(3)13-26(24)33-28(31)16-22-15-23(19-30(5,6)18-22)17-29-32(8-2)25-12-10-21(4)14-27(25)34-29/h9-17,28H,7-8,18-19H2,1-6H3. The van der Waals surface area contributed by atoms with Crippen LogP contribution >= 0.6 is 23.5 Å². The van der Waals surface area contributed by atoms with Crippen LogP contribution in [0, 0.1) is 19.3 Å². The molecule has 2 aromatic rings. The largest absolute Gasteiger partial charge is 0.355 e. The highest BCUT2D eigenvalue weighted by molar-refractivity contribution is 8.03. The molecule has 178 valence electrons. The third kappa shape index (κ3) is 4.59. The van der Waals surface area contributed by atoms with Crippen LogP contribution in [0.3, 0.4) is 0 Å². The number of aryl methyl sites for hydroxylation is 2. The Hall–Kier alpha value is -2.04. The summed E-state index contributed by atoms with van der Waals surface area (Å²) in [6.45, 7) is 15.8. The van der Waals surface area contributed by atoms with Gasteiger partial charge in [-0.05, 0) is 105 Å². The molecule has 1 unspecified atom stereocenters. The number of allylic oxidation sites excluding steroid dienone is 4. The number of hydrogen-bond donors (Lipinski definition) is 0. The minimum absolute atomic E-state index is 0.264. The molecule has 0 radical (unpaired) electrons. The van der Waals surface area contributed by atoms with E-state index in [1.807, 2.05) is 23.5 Å². The van der Waals surface area contributed by atoms with E-state index in [2.05, 4.69) is 106 Å². The summed E-state index contributed by atoms with van der Waals surface area (Å²) in [5.74, 6) is 0. The van der Waals surface area contributed by atoms with Crippen molar-refractivity contribution in [3.8, 4) is 0 Å². The minimum Gasteiger partial charge on any atom is -0.355 e. The summed E-state index contributed by atoms with van der Waals surface area (Å²) in [4.78, 5) is 7.81. The third-order valence-electron chi connectivity index (χ3n) is 6.92. The van der Waals surface area contributed by atoms with Gasteiger partial charge in [0.2, 0.25) is 0 Å². The Bertz CT molecular complexity index is 1200. The molecular formula is C30H36N2S2. The van der Waals surface area contributed by atoms with Gasteiger partial charge in [0.1, 0.15) is 0 Å². The molecule has 5 rings (SSSR count). The molecule has 0 spiro atoms. The van der Waals surface area contributed by atoms with Gasteiger partial charge in [0.15, 0.2) is 0 Å². The normalized spacial score (nSPS) is 23.5. The van der Waals surface area contributed by atoms with Crippen molar-refractivity contribution in [3.05, 3.63) is 81.9 Å². The van der Waals surface area contributed by atoms with Gasteiger partial charge >= 0.3 is 0 Å². The fourth-order valence-electron chi connectivity index (χ4n) is 5.45. The lowest BCUT2D eigenvalue weighted by atomic mass is 9.75. The number of hydrogen-bond acceptors (Lipinski definition) is 4. The Balaban J connectivity index is 1.46. The first-order valence-electron chi connectivity index (χ1n) is 12.5. The Kier molecular flexibility index (Phi) is 6.41. The second-order valence-electron chi connectivity index (χ2n) is 10.5. The van der Waals surface area contributed by atoms with Crippen LogP contribution < -0.4 is 9.80 Å². The molecule has 4 heteroatoms. The predicted octanol–water partition coefficient (Wildman–Crippen LogP) is 8.71. The maximum atomic E-state index is 2.55. The van der Waals surface area contributed by atoms with Crippen LogP contribution in [-0.4, -0.2) is 18.5 Å². The molecule has 0 fully saturated rings. The molecule has 2 heterocycles. The molecule has 2 aromatic carbocycles. The van der Waals surface area contributed by atoms with E-state index in [-0.39, 0.29) is 5.41 Å². The lowest BCUT2D eigenvalue weighted by Crippen LogP contribution is -2.28. The fourth-order valence-corrected chi connectivity index (χ4v) is 8.21. The Morgan fingerprint density at radius 2 is 1.65 bits per heavy atom. The molecule has 0 saturated heterocycles. The van der Waals surface area contributed by atoms with Crippen LogP contribution in [0.15, 0.2) is 80.6 Å². The molecule has 34 heavy (non-hydrogen) atoms. The van der Waals surface area contributed by atoms with Crippen LogP contribution in [0.4, 0.5) is 11.4 Å². The quantitative estimate of drug-likeness (QED) is 0.424. The summed E-state index contributed by atoms with van der Waals surface area (Å²) in [6.07, 6.45) is 9.71. The third-order valence-corrected chi connectivity index (χ3v) is 9.23. The summed E-state index contributed by atoms with van der Waals surface area (Å²) in [6, 6.07) is 13.7. The Morgan fingerprint density at radius 1 is 0.941 bits per heavy atom. The molecule has 0 amide bonds. The highest BCUT2D eigenvalue weighted by Gasteiger charge is 2.31. The smallest absolute Gasteiger partial charge is 0.0988 e. The van der Waals surface area contributed by atoms with Crippen LogP contribution in [0.5, 0.6) is 0 Å². The number of nitrogens with zero attached hydrogens (tertiary/aromatic N) is 2. The van der Waals surface area contributed by atoms with Crippen molar-refractivity contribution in [1.29, 1.82) is 0 Å². The highest BCUT2D eigenvalue weighted by atomic mass is 32.2. The maximum absolute atomic E-state index is 2.55. The van der Waals surface area contributed by atoms with Crippen LogP contribution in [0.2, 0.25) is 0 Å². The molecule has 0 aromatic heterocycles. The minimum atomic E-state index is 0.264. The zero-order chi connectivity index (χ0) is 24.0. The average Bonchev–Trinajstić information content (AvgIpc) is 3.27. The lowest BCUT2D eigenvalue weighted by Gasteiger charge is -2.32. The van der Waals surface area contributed by atoms with E-state index < -0.39 is 0 Å². The van der Waals surface area contributed by atoms with Crippen LogP contribution in [0.1, 0.15) is 51.7 Å². The summed E-state index contributed by atoms with van der Waals surface area (Å²) >= 11 is 3.92. The van der Waals surface area contributed by atoms with E-state index in [4.69, 9.17) is 0 Å². The van der Waals surface area contributed by atoms with E-state index in [1.165, 1.54) is 48.5 Å². The van der Waals surface area contributed by atoms with Crippen molar-refractivity contribution in [3.63, 3.8) is 0 Å². The number of likely N-dealkylation sites (N-methyl/N-ethyl adjacent to an activating group) is 1. The molecular weight excluding hydrogens is 452 g/mol. The molecule has 0 saturated carbocycles. The van der Waals surface area contributed by atoms with Gasteiger partial charge < -0.3 is 9.80 Å². The van der Waals surface area contributed by atoms with E-state index in [9.17, 15) is 0 Å². The van der Waals surface area contributed by atoms with E-state index in [1.54, 1.807) is 0 Å². The zero-order valence-electron chi connectivity index (χ0n) is 21.3. The Labute approximate surface area is 214 Å². The van der Waals surface area contributed by atoms with E-state index in [0.717, 1.165) is 25.9 Å². The zero-order valence-corrected chi connectivity index (χ0v) is 22.9. The second kappa shape index (κ2) is 9.20. The average molecular weight is 489 g/mol. The van der Waals surface area contributed by atoms with Gasteiger partial charge in [0, 0.05) is 22.9 Å². The monoisotopic (exact) mass is 488 g/mol. The van der Waals surface area contributed by atoms with Gasteiger partial charge in [-0.1, -0.05) is 55.6 Å². The predicted molar refractivity (Wildman–Crippen MR) is 151 cm³/mol. The van der Waals surface area contributed by atoms with Gasteiger partial charge in [-0.3, -0.25) is 0 Å². The van der Waals surface area contributed by atoms with E-state index in [0.29, 0.717) is 5.37 Å². The van der Waals surface area contributed by atoms with Crippen molar-refractivity contribution in [1.82, 2.24) is 0 Å². The van der Waals surface area contributed by atoms with Crippen molar-refractivity contribution in [2.45, 2.75) is 69.5 Å². The lowest BCUT2D eigenvalue weighted by molar-refractivity contribution is 0.354. The summed E-state index contributed by atoms with van der Waals surface area (Å²) < 4.78 is 0. The van der Waals surface area contributed by atoms with Crippen molar-refractivity contribution in [2.24, 2.45) is 5.41 Å². The first-order valence-corrected chi connectivity index (χ1v) is 14.2. The van der Waals surface area contributed by atoms with Gasteiger partial charge in [-0.15, -0.1) is 0 Å².